The normalized spacial score (nSPS) is 20.9. The van der Waals surface area contributed by atoms with Gasteiger partial charge in [0.2, 0.25) is 5.91 Å². The number of rotatable bonds is 6. The van der Waals surface area contributed by atoms with Crippen LogP contribution in [0, 0.1) is 11.8 Å². The maximum atomic E-state index is 12.8. The first kappa shape index (κ1) is 16.1. The van der Waals surface area contributed by atoms with Crippen LogP contribution in [0.3, 0.4) is 0 Å². The van der Waals surface area contributed by atoms with E-state index in [1.54, 1.807) is 11.8 Å². The van der Waals surface area contributed by atoms with Gasteiger partial charge in [0.25, 0.3) is 0 Å². The third kappa shape index (κ3) is 3.97. The van der Waals surface area contributed by atoms with Crippen LogP contribution in [0.5, 0.6) is 0 Å². The molecule has 2 nitrogen and oxygen atoms in total. The molecular weight excluding hydrogens is 302 g/mol. The number of hydrogen-bond acceptors (Lipinski definition) is 2. The predicted octanol–water partition coefficient (Wildman–Crippen LogP) is 4.46. The summed E-state index contributed by atoms with van der Waals surface area (Å²) in [5.41, 5.74) is 1.21. The van der Waals surface area contributed by atoms with Gasteiger partial charge in [0.05, 0.1) is 5.92 Å². The minimum Gasteiger partial charge on any atom is -0.338 e. The standard InChI is InChI=1S/C20H23NOS/c1-2-17-14-21(13-16-9-5-3-6-10-16)20(22)19(17)15-23-18-11-7-4-8-12-18/h3-12,17,19H,2,13-15H2,1H3/t17-,19+/m1/s1. The van der Waals surface area contributed by atoms with Crippen LogP contribution < -0.4 is 0 Å². The van der Waals surface area contributed by atoms with Crippen molar-refractivity contribution in [1.82, 2.24) is 4.90 Å². The molecule has 0 radical (unpaired) electrons. The monoisotopic (exact) mass is 325 g/mol. The zero-order valence-corrected chi connectivity index (χ0v) is 14.3. The van der Waals surface area contributed by atoms with E-state index in [1.165, 1.54) is 10.5 Å². The lowest BCUT2D eigenvalue weighted by Crippen LogP contribution is -2.27. The Morgan fingerprint density at radius 3 is 2.35 bits per heavy atom. The number of thioether (sulfide) groups is 1. The molecular formula is C20H23NOS. The van der Waals surface area contributed by atoms with Gasteiger partial charge in [-0.05, 0) is 23.6 Å². The summed E-state index contributed by atoms with van der Waals surface area (Å²) in [7, 11) is 0. The van der Waals surface area contributed by atoms with E-state index >= 15 is 0 Å². The number of benzene rings is 2. The number of amides is 1. The molecule has 1 amide bonds. The summed E-state index contributed by atoms with van der Waals surface area (Å²) in [5, 5.41) is 0. The first-order chi connectivity index (χ1) is 11.3. The molecule has 0 N–H and O–H groups in total. The highest BCUT2D eigenvalue weighted by atomic mass is 32.2. The third-order valence-electron chi connectivity index (χ3n) is 4.57. The highest BCUT2D eigenvalue weighted by molar-refractivity contribution is 7.99. The van der Waals surface area contributed by atoms with Crippen LogP contribution >= 0.6 is 11.8 Å². The van der Waals surface area contributed by atoms with E-state index in [1.807, 2.05) is 29.2 Å². The van der Waals surface area contributed by atoms with Crippen LogP contribution in [-0.4, -0.2) is 23.1 Å². The number of likely N-dealkylation sites (tertiary alicyclic amines) is 1. The maximum absolute atomic E-state index is 12.8. The zero-order chi connectivity index (χ0) is 16.1. The molecule has 0 aromatic heterocycles. The second-order valence-corrected chi connectivity index (χ2v) is 7.20. The molecule has 0 saturated carbocycles. The predicted molar refractivity (Wildman–Crippen MR) is 96.3 cm³/mol. The van der Waals surface area contributed by atoms with Crippen LogP contribution in [0.15, 0.2) is 65.6 Å². The van der Waals surface area contributed by atoms with Gasteiger partial charge >= 0.3 is 0 Å². The van der Waals surface area contributed by atoms with Gasteiger partial charge in [-0.2, -0.15) is 0 Å². The van der Waals surface area contributed by atoms with Crippen molar-refractivity contribution in [1.29, 1.82) is 0 Å². The number of carbonyl (C=O) groups excluding carboxylic acids is 1. The molecule has 0 aliphatic carbocycles. The first-order valence-corrected chi connectivity index (χ1v) is 9.27. The Bertz CT molecular complexity index is 629. The molecule has 0 spiro atoms. The van der Waals surface area contributed by atoms with E-state index < -0.39 is 0 Å². The Hall–Kier alpha value is -1.74. The number of hydrogen-bond donors (Lipinski definition) is 0. The third-order valence-corrected chi connectivity index (χ3v) is 5.70. The van der Waals surface area contributed by atoms with Gasteiger partial charge in [-0.25, -0.2) is 0 Å². The van der Waals surface area contributed by atoms with E-state index in [0.717, 1.165) is 25.3 Å². The van der Waals surface area contributed by atoms with Crippen LogP contribution in [0.1, 0.15) is 18.9 Å². The van der Waals surface area contributed by atoms with Crippen molar-refractivity contribution in [3.63, 3.8) is 0 Å². The Kier molecular flexibility index (Phi) is 5.39. The summed E-state index contributed by atoms with van der Waals surface area (Å²) in [6, 6.07) is 20.7. The average molecular weight is 325 g/mol. The maximum Gasteiger partial charge on any atom is 0.227 e. The van der Waals surface area contributed by atoms with Crippen molar-refractivity contribution >= 4 is 17.7 Å². The zero-order valence-electron chi connectivity index (χ0n) is 13.5. The van der Waals surface area contributed by atoms with Gasteiger partial charge < -0.3 is 4.90 Å². The van der Waals surface area contributed by atoms with Gasteiger partial charge in [0.15, 0.2) is 0 Å². The summed E-state index contributed by atoms with van der Waals surface area (Å²) in [6.45, 7) is 3.83. The summed E-state index contributed by atoms with van der Waals surface area (Å²) < 4.78 is 0. The molecule has 1 fully saturated rings. The SMILES string of the molecule is CC[C@@H]1CN(Cc2ccccc2)C(=O)[C@H]1CSc1ccccc1. The second-order valence-electron chi connectivity index (χ2n) is 6.10. The minimum absolute atomic E-state index is 0.147. The molecule has 120 valence electrons. The molecule has 3 rings (SSSR count). The van der Waals surface area contributed by atoms with Gasteiger partial charge in [-0.15, -0.1) is 11.8 Å². The summed E-state index contributed by atoms with van der Waals surface area (Å²) in [6.07, 6.45) is 1.07. The Labute approximate surface area is 142 Å². The Balaban J connectivity index is 1.64. The lowest BCUT2D eigenvalue weighted by molar-refractivity contribution is -0.131. The van der Waals surface area contributed by atoms with Crippen molar-refractivity contribution in [2.24, 2.45) is 11.8 Å². The van der Waals surface area contributed by atoms with Crippen molar-refractivity contribution < 1.29 is 4.79 Å². The summed E-state index contributed by atoms with van der Waals surface area (Å²) in [5.74, 6) is 1.83. The Morgan fingerprint density at radius 1 is 1.04 bits per heavy atom. The van der Waals surface area contributed by atoms with Crippen molar-refractivity contribution in [2.45, 2.75) is 24.8 Å². The molecule has 23 heavy (non-hydrogen) atoms. The largest absolute Gasteiger partial charge is 0.338 e. The fourth-order valence-corrected chi connectivity index (χ4v) is 4.34. The average Bonchev–Trinajstić information content (AvgIpc) is 2.90. The molecule has 3 heteroatoms. The first-order valence-electron chi connectivity index (χ1n) is 8.28. The molecule has 0 unspecified atom stereocenters. The molecule has 1 saturated heterocycles. The van der Waals surface area contributed by atoms with E-state index in [9.17, 15) is 4.79 Å². The topological polar surface area (TPSA) is 20.3 Å². The molecule has 2 aromatic rings. The van der Waals surface area contributed by atoms with Crippen LogP contribution in [0.2, 0.25) is 0 Å². The van der Waals surface area contributed by atoms with Gasteiger partial charge in [0, 0.05) is 23.7 Å². The highest BCUT2D eigenvalue weighted by Crippen LogP contribution is 2.33. The molecule has 1 aliphatic rings. The quantitative estimate of drug-likeness (QED) is 0.731. The van der Waals surface area contributed by atoms with Gasteiger partial charge in [0.1, 0.15) is 0 Å². The van der Waals surface area contributed by atoms with E-state index in [-0.39, 0.29) is 5.92 Å². The smallest absolute Gasteiger partial charge is 0.227 e. The Morgan fingerprint density at radius 2 is 1.70 bits per heavy atom. The fourth-order valence-electron chi connectivity index (χ4n) is 3.21. The van der Waals surface area contributed by atoms with Gasteiger partial charge in [-0.1, -0.05) is 61.9 Å². The fraction of sp³-hybridized carbons (Fsp3) is 0.350. The highest BCUT2D eigenvalue weighted by Gasteiger charge is 2.38. The number of carbonyl (C=O) groups is 1. The van der Waals surface area contributed by atoms with Crippen molar-refractivity contribution in [3.05, 3.63) is 66.2 Å². The van der Waals surface area contributed by atoms with E-state index in [4.69, 9.17) is 0 Å². The van der Waals surface area contributed by atoms with Gasteiger partial charge in [-0.3, -0.25) is 4.79 Å². The van der Waals surface area contributed by atoms with Crippen LogP contribution in [-0.2, 0) is 11.3 Å². The van der Waals surface area contributed by atoms with E-state index in [2.05, 4.69) is 43.3 Å². The van der Waals surface area contributed by atoms with Crippen LogP contribution in [0.4, 0.5) is 0 Å². The van der Waals surface area contributed by atoms with Crippen LogP contribution in [0.25, 0.3) is 0 Å². The lowest BCUT2D eigenvalue weighted by atomic mass is 9.95. The molecule has 1 heterocycles. The number of nitrogens with zero attached hydrogens (tertiary/aromatic N) is 1. The van der Waals surface area contributed by atoms with E-state index in [0.29, 0.717) is 11.8 Å². The molecule has 1 aliphatic heterocycles. The summed E-state index contributed by atoms with van der Waals surface area (Å²) in [4.78, 5) is 16.1. The minimum atomic E-state index is 0.147. The summed E-state index contributed by atoms with van der Waals surface area (Å²) >= 11 is 1.80. The second kappa shape index (κ2) is 7.69. The lowest BCUT2D eigenvalue weighted by Gasteiger charge is -2.16. The van der Waals surface area contributed by atoms with Crippen molar-refractivity contribution in [2.75, 3.05) is 12.3 Å². The van der Waals surface area contributed by atoms with Crippen molar-refractivity contribution in [3.8, 4) is 0 Å². The molecule has 2 aromatic carbocycles. The molecule has 0 bridgehead atoms. The molecule has 2 atom stereocenters.